The Kier molecular flexibility index (Phi) is 3.73. The molecule has 0 aromatic carbocycles. The van der Waals surface area contributed by atoms with Gasteiger partial charge in [0, 0.05) is 35.8 Å². The zero-order valence-electron chi connectivity index (χ0n) is 16.0. The smallest absolute Gasteiger partial charge is 0.280 e. The lowest BCUT2D eigenvalue weighted by molar-refractivity contribution is 0.363. The molecule has 2 fully saturated rings. The van der Waals surface area contributed by atoms with E-state index in [1.54, 1.807) is 18.5 Å². The molecular weight excluding hydrogens is 408 g/mol. The molecule has 11 heteroatoms. The molecular formula is C19H17ClN8O2. The third-order valence-corrected chi connectivity index (χ3v) is 6.25. The largest absolute Gasteiger partial charge is 0.356 e. The molecule has 0 spiro atoms. The van der Waals surface area contributed by atoms with Crippen LogP contribution in [-0.4, -0.2) is 47.6 Å². The molecule has 1 saturated carbocycles. The van der Waals surface area contributed by atoms with Gasteiger partial charge in [0.1, 0.15) is 18.7 Å². The molecule has 4 aromatic heterocycles. The van der Waals surface area contributed by atoms with Crippen molar-refractivity contribution in [1.29, 1.82) is 0 Å². The molecule has 5 heterocycles. The average molecular weight is 425 g/mol. The van der Waals surface area contributed by atoms with E-state index in [0.29, 0.717) is 34.1 Å². The first kappa shape index (κ1) is 17.6. The number of rotatable bonds is 4. The summed E-state index contributed by atoms with van der Waals surface area (Å²) in [5, 5.41) is 13.1. The van der Waals surface area contributed by atoms with Crippen LogP contribution in [0, 0.1) is 18.8 Å². The van der Waals surface area contributed by atoms with E-state index in [-0.39, 0.29) is 18.0 Å². The number of hydrogen-bond acceptors (Lipinski definition) is 8. The Morgan fingerprint density at radius 1 is 1.27 bits per heavy atom. The van der Waals surface area contributed by atoms with Crippen LogP contribution in [0.25, 0.3) is 5.52 Å². The summed E-state index contributed by atoms with van der Waals surface area (Å²) < 4.78 is 8.22. The summed E-state index contributed by atoms with van der Waals surface area (Å²) in [6.45, 7) is 3.80. The average Bonchev–Trinajstić information content (AvgIpc) is 3.16. The minimum Gasteiger partial charge on any atom is -0.356 e. The minimum absolute atomic E-state index is 0.181. The van der Waals surface area contributed by atoms with Crippen LogP contribution in [0.4, 0.5) is 5.82 Å². The molecule has 1 aliphatic carbocycles. The fraction of sp³-hybridized carbons (Fsp3) is 0.368. The van der Waals surface area contributed by atoms with Gasteiger partial charge in [-0.15, -0.1) is 9.73 Å². The molecule has 4 aromatic rings. The van der Waals surface area contributed by atoms with E-state index >= 15 is 0 Å². The van der Waals surface area contributed by atoms with Crippen LogP contribution in [0.3, 0.4) is 0 Å². The summed E-state index contributed by atoms with van der Waals surface area (Å²) in [6, 6.07) is 3.66. The van der Waals surface area contributed by atoms with Crippen LogP contribution >= 0.6 is 11.6 Å². The van der Waals surface area contributed by atoms with E-state index in [1.165, 1.54) is 15.5 Å². The van der Waals surface area contributed by atoms with Gasteiger partial charge >= 0.3 is 0 Å². The third kappa shape index (κ3) is 2.71. The molecule has 6 rings (SSSR count). The molecule has 0 radical (unpaired) electrons. The highest BCUT2D eigenvalue weighted by molar-refractivity contribution is 6.30. The topological polar surface area (TPSA) is 107 Å². The number of aromatic nitrogens is 7. The van der Waals surface area contributed by atoms with Gasteiger partial charge in [-0.3, -0.25) is 9.36 Å². The van der Waals surface area contributed by atoms with E-state index in [2.05, 4.69) is 30.2 Å². The maximum atomic E-state index is 12.7. The van der Waals surface area contributed by atoms with Crippen LogP contribution in [0.15, 0.2) is 40.2 Å². The van der Waals surface area contributed by atoms with E-state index in [4.69, 9.17) is 16.1 Å². The number of anilines is 1. The van der Waals surface area contributed by atoms with Gasteiger partial charge in [-0.25, -0.2) is 4.98 Å². The van der Waals surface area contributed by atoms with Gasteiger partial charge in [-0.05, 0) is 30.9 Å². The Morgan fingerprint density at radius 3 is 2.90 bits per heavy atom. The summed E-state index contributed by atoms with van der Waals surface area (Å²) in [7, 11) is 0. The zero-order valence-corrected chi connectivity index (χ0v) is 16.8. The number of halogens is 1. The van der Waals surface area contributed by atoms with Crippen LogP contribution < -0.4 is 10.5 Å². The van der Waals surface area contributed by atoms with E-state index < -0.39 is 0 Å². The summed E-state index contributed by atoms with van der Waals surface area (Å²) in [4.78, 5) is 23.9. The minimum atomic E-state index is -0.187. The molecule has 0 amide bonds. The van der Waals surface area contributed by atoms with Crippen LogP contribution in [-0.2, 0) is 6.54 Å². The Balaban J connectivity index is 1.17. The van der Waals surface area contributed by atoms with Crippen molar-refractivity contribution in [2.45, 2.75) is 19.4 Å². The lowest BCUT2D eigenvalue weighted by atomic mass is 10.2. The summed E-state index contributed by atoms with van der Waals surface area (Å²) >= 11 is 6.08. The molecule has 2 atom stereocenters. The van der Waals surface area contributed by atoms with E-state index in [1.807, 2.05) is 13.0 Å². The fourth-order valence-corrected chi connectivity index (χ4v) is 4.60. The molecule has 1 saturated heterocycles. The Labute approximate surface area is 175 Å². The lowest BCUT2D eigenvalue weighted by Gasteiger charge is -2.20. The lowest BCUT2D eigenvalue weighted by Crippen LogP contribution is -2.25. The van der Waals surface area contributed by atoms with Crippen molar-refractivity contribution in [3.8, 4) is 0 Å². The van der Waals surface area contributed by atoms with Crippen molar-refractivity contribution in [3.05, 3.63) is 63.5 Å². The van der Waals surface area contributed by atoms with Gasteiger partial charge in [-0.2, -0.15) is 10.1 Å². The van der Waals surface area contributed by atoms with Crippen molar-refractivity contribution in [3.63, 3.8) is 0 Å². The van der Waals surface area contributed by atoms with Crippen LogP contribution in [0.5, 0.6) is 0 Å². The summed E-state index contributed by atoms with van der Waals surface area (Å²) in [6.07, 6.45) is 4.78. The zero-order chi connectivity index (χ0) is 20.4. The molecule has 152 valence electrons. The van der Waals surface area contributed by atoms with Crippen LogP contribution in [0.1, 0.15) is 23.2 Å². The second-order valence-corrected chi connectivity index (χ2v) is 8.30. The number of aryl methyl sites for hydroxylation is 1. The van der Waals surface area contributed by atoms with Crippen molar-refractivity contribution in [2.24, 2.45) is 11.8 Å². The van der Waals surface area contributed by atoms with Gasteiger partial charge in [0.15, 0.2) is 11.3 Å². The highest BCUT2D eigenvalue weighted by Crippen LogP contribution is 2.57. The maximum absolute atomic E-state index is 12.7. The molecule has 30 heavy (non-hydrogen) atoms. The predicted octanol–water partition coefficient (Wildman–Crippen LogP) is 1.53. The number of pyridine rings is 1. The van der Waals surface area contributed by atoms with E-state index in [9.17, 15) is 4.79 Å². The molecule has 1 aliphatic heterocycles. The highest BCUT2D eigenvalue weighted by atomic mass is 35.5. The number of piperidine rings is 1. The number of fused-ring (bicyclic) bond motifs is 2. The van der Waals surface area contributed by atoms with Crippen molar-refractivity contribution >= 4 is 22.9 Å². The molecule has 2 unspecified atom stereocenters. The standard InChI is InChI=1S/C19H17ClN8O2/c1-10-5-22-28-17(10)19(29)27(9-23-28)8-15-24-18(25-30-15)16-12-6-26(7-13(12)16)14-4-11(20)2-3-21-14/h2-5,9,12-13,16H,6-8H2,1H3. The Bertz CT molecular complexity index is 1320. The molecule has 0 bridgehead atoms. The highest BCUT2D eigenvalue weighted by Gasteiger charge is 2.58. The first-order chi connectivity index (χ1) is 14.6. The van der Waals surface area contributed by atoms with Crippen LogP contribution in [0.2, 0.25) is 5.02 Å². The second kappa shape index (κ2) is 6.36. The number of hydrogen-bond donors (Lipinski definition) is 0. The van der Waals surface area contributed by atoms with E-state index in [0.717, 1.165) is 24.5 Å². The first-order valence-corrected chi connectivity index (χ1v) is 10.1. The first-order valence-electron chi connectivity index (χ1n) is 9.67. The Morgan fingerprint density at radius 2 is 2.10 bits per heavy atom. The van der Waals surface area contributed by atoms with Crippen molar-refractivity contribution in [2.75, 3.05) is 18.0 Å². The summed E-state index contributed by atoms with van der Waals surface area (Å²) in [5.41, 5.74) is 1.04. The van der Waals surface area contributed by atoms with Gasteiger partial charge in [0.25, 0.3) is 5.56 Å². The molecule has 0 N–H and O–H groups in total. The van der Waals surface area contributed by atoms with Gasteiger partial charge < -0.3 is 9.42 Å². The normalized spacial score (nSPS) is 22.6. The Hall–Kier alpha value is -3.27. The van der Waals surface area contributed by atoms with Gasteiger partial charge in [0.2, 0.25) is 5.89 Å². The van der Waals surface area contributed by atoms with Crippen molar-refractivity contribution < 1.29 is 4.52 Å². The fourth-order valence-electron chi connectivity index (χ4n) is 4.45. The third-order valence-electron chi connectivity index (χ3n) is 6.01. The number of nitrogens with zero attached hydrogens (tertiary/aromatic N) is 8. The predicted molar refractivity (Wildman–Crippen MR) is 107 cm³/mol. The SMILES string of the molecule is Cc1cnn2ncn(Cc3nc(C4C5CN(c6cc(Cl)ccn6)CC54)no3)c(=O)c12. The molecule has 2 aliphatic rings. The second-order valence-electron chi connectivity index (χ2n) is 7.87. The summed E-state index contributed by atoms with van der Waals surface area (Å²) in [5.74, 6) is 3.25. The monoisotopic (exact) mass is 424 g/mol. The van der Waals surface area contributed by atoms with Gasteiger partial charge in [0.05, 0.1) is 6.20 Å². The van der Waals surface area contributed by atoms with Crippen molar-refractivity contribution in [1.82, 2.24) is 34.5 Å². The molecule has 10 nitrogen and oxygen atoms in total. The maximum Gasteiger partial charge on any atom is 0.280 e. The van der Waals surface area contributed by atoms with Gasteiger partial charge in [-0.1, -0.05) is 16.8 Å². The quantitative estimate of drug-likeness (QED) is 0.485.